The van der Waals surface area contributed by atoms with E-state index in [1.165, 1.54) is 6.07 Å². The molecule has 1 saturated carbocycles. The predicted octanol–water partition coefficient (Wildman–Crippen LogP) is 2.15. The Hall–Kier alpha value is -2.42. The molecule has 0 spiro atoms. The van der Waals surface area contributed by atoms with Crippen molar-refractivity contribution in [2.45, 2.75) is 37.5 Å². The van der Waals surface area contributed by atoms with E-state index in [9.17, 15) is 10.1 Å². The Morgan fingerprint density at radius 1 is 1.30 bits per heavy atom. The van der Waals surface area contributed by atoms with E-state index in [1.54, 1.807) is 12.1 Å². The van der Waals surface area contributed by atoms with Crippen LogP contribution in [-0.4, -0.2) is 15.1 Å². The molecule has 2 heterocycles. The Balaban J connectivity index is 1.98. The van der Waals surface area contributed by atoms with Crippen LogP contribution in [0, 0.1) is 11.3 Å². The second-order valence-electron chi connectivity index (χ2n) is 5.11. The van der Waals surface area contributed by atoms with Crippen LogP contribution < -0.4 is 5.56 Å². The Bertz CT molecular complexity index is 704. The van der Waals surface area contributed by atoms with Crippen molar-refractivity contribution in [3.63, 3.8) is 0 Å². The van der Waals surface area contributed by atoms with E-state index in [-0.39, 0.29) is 5.56 Å². The Kier molecular flexibility index (Phi) is 3.11. The quantitative estimate of drug-likeness (QED) is 0.902. The SMILES string of the molecule is N#CC1(c2nc(-c3cccc(=O)[nH]3)no2)CCCCC1. The molecule has 6 nitrogen and oxygen atoms in total. The molecule has 0 aliphatic heterocycles. The van der Waals surface area contributed by atoms with Gasteiger partial charge in [0.1, 0.15) is 5.41 Å². The highest BCUT2D eigenvalue weighted by Crippen LogP contribution is 2.38. The number of hydrogen-bond donors (Lipinski definition) is 1. The van der Waals surface area contributed by atoms with Gasteiger partial charge < -0.3 is 9.51 Å². The summed E-state index contributed by atoms with van der Waals surface area (Å²) in [6, 6.07) is 7.09. The van der Waals surface area contributed by atoms with Gasteiger partial charge in [0.15, 0.2) is 0 Å². The van der Waals surface area contributed by atoms with Gasteiger partial charge in [0.05, 0.1) is 11.8 Å². The molecule has 0 amide bonds. The summed E-state index contributed by atoms with van der Waals surface area (Å²) in [7, 11) is 0. The molecule has 0 radical (unpaired) electrons. The van der Waals surface area contributed by atoms with Crippen LogP contribution in [0.4, 0.5) is 0 Å². The molecule has 0 bridgehead atoms. The monoisotopic (exact) mass is 270 g/mol. The van der Waals surface area contributed by atoms with Gasteiger partial charge in [-0.2, -0.15) is 10.2 Å². The zero-order valence-corrected chi connectivity index (χ0v) is 10.9. The van der Waals surface area contributed by atoms with Crippen molar-refractivity contribution in [2.75, 3.05) is 0 Å². The highest BCUT2D eigenvalue weighted by atomic mass is 16.5. The molecule has 2 aromatic rings. The fraction of sp³-hybridized carbons (Fsp3) is 0.429. The van der Waals surface area contributed by atoms with Crippen LogP contribution in [0.5, 0.6) is 0 Å². The lowest BCUT2D eigenvalue weighted by Gasteiger charge is -2.26. The van der Waals surface area contributed by atoms with Gasteiger partial charge in [-0.1, -0.05) is 30.5 Å². The minimum Gasteiger partial charge on any atom is -0.337 e. The van der Waals surface area contributed by atoms with E-state index < -0.39 is 5.41 Å². The predicted molar refractivity (Wildman–Crippen MR) is 70.7 cm³/mol. The molecule has 0 unspecified atom stereocenters. The summed E-state index contributed by atoms with van der Waals surface area (Å²) in [4.78, 5) is 18.3. The standard InChI is InChI=1S/C14H14N4O2/c15-9-14(7-2-1-3-8-14)13-17-12(18-20-13)10-5-4-6-11(19)16-10/h4-6H,1-3,7-8H2,(H,16,19). The van der Waals surface area contributed by atoms with Gasteiger partial charge in [-0.15, -0.1) is 0 Å². The number of nitriles is 1. The van der Waals surface area contributed by atoms with Gasteiger partial charge >= 0.3 is 0 Å². The summed E-state index contributed by atoms with van der Waals surface area (Å²) in [6.45, 7) is 0. The average Bonchev–Trinajstić information content (AvgIpc) is 2.98. The topological polar surface area (TPSA) is 95.6 Å². The van der Waals surface area contributed by atoms with E-state index >= 15 is 0 Å². The molecule has 1 fully saturated rings. The van der Waals surface area contributed by atoms with Crippen LogP contribution in [0.25, 0.3) is 11.5 Å². The van der Waals surface area contributed by atoms with Crippen molar-refractivity contribution >= 4 is 0 Å². The minimum absolute atomic E-state index is 0.221. The minimum atomic E-state index is -0.668. The number of rotatable bonds is 2. The van der Waals surface area contributed by atoms with Crippen molar-refractivity contribution in [2.24, 2.45) is 0 Å². The van der Waals surface area contributed by atoms with Crippen LogP contribution in [0.1, 0.15) is 38.0 Å². The first-order valence-corrected chi connectivity index (χ1v) is 6.69. The number of H-pyrrole nitrogens is 1. The van der Waals surface area contributed by atoms with E-state index in [4.69, 9.17) is 4.52 Å². The second kappa shape index (κ2) is 4.93. The van der Waals surface area contributed by atoms with E-state index in [2.05, 4.69) is 21.2 Å². The van der Waals surface area contributed by atoms with Crippen molar-refractivity contribution < 1.29 is 4.52 Å². The summed E-state index contributed by atoms with van der Waals surface area (Å²) in [5.74, 6) is 0.678. The zero-order chi connectivity index (χ0) is 14.0. The lowest BCUT2D eigenvalue weighted by Crippen LogP contribution is -2.27. The molecule has 1 aliphatic carbocycles. The van der Waals surface area contributed by atoms with Gasteiger partial charge in [0, 0.05) is 6.07 Å². The first-order chi connectivity index (χ1) is 9.73. The summed E-state index contributed by atoms with van der Waals surface area (Å²) >= 11 is 0. The molecule has 0 aromatic carbocycles. The van der Waals surface area contributed by atoms with Crippen LogP contribution >= 0.6 is 0 Å². The van der Waals surface area contributed by atoms with E-state index in [0.717, 1.165) is 32.1 Å². The van der Waals surface area contributed by atoms with Crippen LogP contribution in [0.15, 0.2) is 27.5 Å². The Morgan fingerprint density at radius 3 is 2.80 bits per heavy atom. The maximum atomic E-state index is 11.3. The molecule has 20 heavy (non-hydrogen) atoms. The van der Waals surface area contributed by atoms with Gasteiger partial charge in [-0.25, -0.2) is 0 Å². The maximum absolute atomic E-state index is 11.3. The fourth-order valence-electron chi connectivity index (χ4n) is 2.63. The van der Waals surface area contributed by atoms with Crippen LogP contribution in [0.2, 0.25) is 0 Å². The molecule has 0 atom stereocenters. The third-order valence-electron chi connectivity index (χ3n) is 3.77. The van der Waals surface area contributed by atoms with Crippen molar-refractivity contribution in [1.29, 1.82) is 5.26 Å². The highest BCUT2D eigenvalue weighted by molar-refractivity contribution is 5.47. The fourth-order valence-corrected chi connectivity index (χ4v) is 2.63. The van der Waals surface area contributed by atoms with Gasteiger partial charge in [0.2, 0.25) is 17.3 Å². The van der Waals surface area contributed by atoms with E-state index in [0.29, 0.717) is 17.4 Å². The first-order valence-electron chi connectivity index (χ1n) is 6.69. The Morgan fingerprint density at radius 2 is 2.10 bits per heavy atom. The number of nitrogens with zero attached hydrogens (tertiary/aromatic N) is 3. The van der Waals surface area contributed by atoms with Gasteiger partial charge in [0.25, 0.3) is 0 Å². The largest absolute Gasteiger partial charge is 0.337 e. The first kappa shape index (κ1) is 12.6. The van der Waals surface area contributed by atoms with E-state index in [1.807, 2.05) is 0 Å². The molecule has 1 N–H and O–H groups in total. The number of aromatic nitrogens is 3. The summed E-state index contributed by atoms with van der Waals surface area (Å²) in [5.41, 5.74) is -0.392. The van der Waals surface area contributed by atoms with Gasteiger partial charge in [-0.3, -0.25) is 4.79 Å². The third kappa shape index (κ3) is 2.11. The summed E-state index contributed by atoms with van der Waals surface area (Å²) in [5, 5.41) is 13.4. The third-order valence-corrected chi connectivity index (χ3v) is 3.77. The normalized spacial score (nSPS) is 17.6. The zero-order valence-electron chi connectivity index (χ0n) is 10.9. The lowest BCUT2D eigenvalue weighted by molar-refractivity contribution is 0.264. The van der Waals surface area contributed by atoms with Gasteiger partial charge in [-0.05, 0) is 18.9 Å². The number of pyridine rings is 1. The average molecular weight is 270 g/mol. The number of hydrogen-bond acceptors (Lipinski definition) is 5. The molecular weight excluding hydrogens is 256 g/mol. The van der Waals surface area contributed by atoms with Crippen LogP contribution in [-0.2, 0) is 5.41 Å². The molecule has 3 rings (SSSR count). The molecule has 6 heteroatoms. The molecule has 2 aromatic heterocycles. The molecular formula is C14H14N4O2. The second-order valence-corrected chi connectivity index (χ2v) is 5.11. The highest BCUT2D eigenvalue weighted by Gasteiger charge is 2.39. The summed E-state index contributed by atoms with van der Waals surface area (Å²) < 4.78 is 5.29. The smallest absolute Gasteiger partial charge is 0.248 e. The molecule has 1 aliphatic rings. The van der Waals surface area contributed by atoms with Crippen molar-refractivity contribution in [1.82, 2.24) is 15.1 Å². The van der Waals surface area contributed by atoms with Crippen molar-refractivity contribution in [3.8, 4) is 17.6 Å². The number of aromatic amines is 1. The molecule has 0 saturated heterocycles. The maximum Gasteiger partial charge on any atom is 0.248 e. The summed E-state index contributed by atoms with van der Waals surface area (Å²) in [6.07, 6.45) is 4.62. The van der Waals surface area contributed by atoms with Crippen LogP contribution in [0.3, 0.4) is 0 Å². The lowest BCUT2D eigenvalue weighted by atomic mass is 9.75. The molecule has 102 valence electrons. The number of nitrogens with one attached hydrogen (secondary N) is 1. The Labute approximate surface area is 115 Å². The van der Waals surface area contributed by atoms with Crippen molar-refractivity contribution in [3.05, 3.63) is 34.4 Å².